The summed E-state index contributed by atoms with van der Waals surface area (Å²) < 4.78 is 32.8. The Morgan fingerprint density at radius 2 is 1.29 bits per heavy atom. The molecule has 0 aromatic heterocycles. The zero-order valence-corrected chi connectivity index (χ0v) is 15.9. The lowest BCUT2D eigenvalue weighted by Gasteiger charge is -2.01. The number of unbranched alkanes of at least 4 members (excludes halogenated alkanes) is 11. The highest BCUT2D eigenvalue weighted by atomic mass is 32.3. The maximum atomic E-state index is 11.0. The Hall–Kier alpha value is -0.880. The Morgan fingerprint density at radius 1 is 0.833 bits per heavy atom. The molecule has 0 aliphatic heterocycles. The van der Waals surface area contributed by atoms with E-state index in [0.717, 1.165) is 32.1 Å². The number of hydrogen-bond donors (Lipinski definition) is 1. The molecule has 0 aliphatic carbocycles. The molecule has 0 bridgehead atoms. The van der Waals surface area contributed by atoms with E-state index >= 15 is 0 Å². The Morgan fingerprint density at radius 3 is 1.79 bits per heavy atom. The molecular weight excluding hydrogens is 328 g/mol. The van der Waals surface area contributed by atoms with Gasteiger partial charge in [-0.1, -0.05) is 70.4 Å². The van der Waals surface area contributed by atoms with Crippen LogP contribution in [0.2, 0.25) is 0 Å². The van der Waals surface area contributed by atoms with E-state index in [4.69, 9.17) is 4.55 Å². The minimum Gasteiger partial charge on any atom is -0.325 e. The Balaban J connectivity index is 3.27. The zero-order valence-electron chi connectivity index (χ0n) is 15.0. The van der Waals surface area contributed by atoms with Crippen LogP contribution in [0.5, 0.6) is 0 Å². The first kappa shape index (κ1) is 23.1. The number of allylic oxidation sites excluding steroid dienone is 2. The lowest BCUT2D eigenvalue weighted by Crippen LogP contribution is -2.11. The Labute approximate surface area is 147 Å². The molecule has 6 heteroatoms. The first-order chi connectivity index (χ1) is 11.5. The van der Waals surface area contributed by atoms with Gasteiger partial charge in [-0.25, -0.2) is 0 Å². The van der Waals surface area contributed by atoms with Crippen molar-refractivity contribution in [3.05, 3.63) is 12.2 Å². The molecule has 0 aromatic rings. The molecule has 0 amide bonds. The van der Waals surface area contributed by atoms with Crippen LogP contribution in [0.4, 0.5) is 0 Å². The SMILES string of the molecule is CCCCCCCC/C=C\CCCCCCCC(=O)OS(=O)(=O)O. The topological polar surface area (TPSA) is 80.7 Å². The summed E-state index contributed by atoms with van der Waals surface area (Å²) in [6, 6.07) is 0. The van der Waals surface area contributed by atoms with Crippen molar-refractivity contribution in [3.63, 3.8) is 0 Å². The van der Waals surface area contributed by atoms with E-state index in [1.54, 1.807) is 0 Å². The van der Waals surface area contributed by atoms with Crippen molar-refractivity contribution in [2.75, 3.05) is 0 Å². The third-order valence-corrected chi connectivity index (χ3v) is 4.24. The molecule has 0 heterocycles. The van der Waals surface area contributed by atoms with Crippen LogP contribution in [0.15, 0.2) is 12.2 Å². The van der Waals surface area contributed by atoms with Gasteiger partial charge in [0.25, 0.3) is 0 Å². The largest absolute Gasteiger partial charge is 0.448 e. The molecule has 0 rings (SSSR count). The second-order valence-electron chi connectivity index (χ2n) is 6.22. The van der Waals surface area contributed by atoms with E-state index in [2.05, 4.69) is 23.3 Å². The average Bonchev–Trinajstić information content (AvgIpc) is 2.49. The zero-order chi connectivity index (χ0) is 18.1. The standard InChI is InChI=1S/C18H34O5S/c1-2-3-4-5-6-7-8-9-10-11-12-13-14-15-16-17-18(19)23-24(20,21)22/h9-10H,2-8,11-17H2,1H3,(H,20,21,22)/b10-9-. The van der Waals surface area contributed by atoms with Crippen molar-refractivity contribution in [1.82, 2.24) is 0 Å². The average molecular weight is 363 g/mol. The Bertz CT molecular complexity index is 429. The van der Waals surface area contributed by atoms with Gasteiger partial charge in [0, 0.05) is 6.42 Å². The van der Waals surface area contributed by atoms with Gasteiger partial charge in [0.15, 0.2) is 0 Å². The number of carbonyl (C=O) groups excluding carboxylic acids is 1. The van der Waals surface area contributed by atoms with Gasteiger partial charge >= 0.3 is 16.4 Å². The smallest absolute Gasteiger partial charge is 0.325 e. The molecule has 1 N–H and O–H groups in total. The van der Waals surface area contributed by atoms with Gasteiger partial charge < -0.3 is 4.18 Å². The van der Waals surface area contributed by atoms with Crippen LogP contribution < -0.4 is 0 Å². The van der Waals surface area contributed by atoms with Gasteiger partial charge in [0.1, 0.15) is 0 Å². The second-order valence-corrected chi connectivity index (χ2v) is 7.24. The van der Waals surface area contributed by atoms with Gasteiger partial charge in [-0.2, -0.15) is 8.42 Å². The molecule has 24 heavy (non-hydrogen) atoms. The first-order valence-corrected chi connectivity index (χ1v) is 10.7. The van der Waals surface area contributed by atoms with Gasteiger partial charge in [0.2, 0.25) is 0 Å². The summed E-state index contributed by atoms with van der Waals surface area (Å²) in [5, 5.41) is 0. The van der Waals surface area contributed by atoms with Gasteiger partial charge in [0.05, 0.1) is 0 Å². The summed E-state index contributed by atoms with van der Waals surface area (Å²) in [4.78, 5) is 11.0. The molecule has 0 saturated heterocycles. The molecule has 0 spiro atoms. The Kier molecular flexibility index (Phi) is 15.1. The predicted molar refractivity (Wildman–Crippen MR) is 97.1 cm³/mol. The summed E-state index contributed by atoms with van der Waals surface area (Å²) >= 11 is 0. The number of carbonyl (C=O) groups is 1. The molecular formula is C18H34O5S. The lowest BCUT2D eigenvalue weighted by atomic mass is 10.1. The van der Waals surface area contributed by atoms with Crippen molar-refractivity contribution in [2.45, 2.75) is 96.8 Å². The van der Waals surface area contributed by atoms with Crippen LogP contribution in [0.3, 0.4) is 0 Å². The molecule has 0 atom stereocenters. The van der Waals surface area contributed by atoms with E-state index in [9.17, 15) is 13.2 Å². The van der Waals surface area contributed by atoms with Crippen molar-refractivity contribution >= 4 is 16.4 Å². The number of rotatable bonds is 16. The highest BCUT2D eigenvalue weighted by molar-refractivity contribution is 7.81. The quantitative estimate of drug-likeness (QED) is 0.227. The molecule has 0 unspecified atom stereocenters. The van der Waals surface area contributed by atoms with E-state index in [1.807, 2.05) is 0 Å². The fourth-order valence-corrected chi connectivity index (χ4v) is 2.82. The highest BCUT2D eigenvalue weighted by Crippen LogP contribution is 2.10. The van der Waals surface area contributed by atoms with Crippen molar-refractivity contribution in [1.29, 1.82) is 0 Å². The minimum absolute atomic E-state index is 0.0257. The van der Waals surface area contributed by atoms with Crippen LogP contribution in [-0.2, 0) is 19.4 Å². The first-order valence-electron chi connectivity index (χ1n) is 9.30. The predicted octanol–water partition coefficient (Wildman–Crippen LogP) is 5.37. The van der Waals surface area contributed by atoms with Crippen LogP contribution in [0.25, 0.3) is 0 Å². The van der Waals surface area contributed by atoms with Crippen molar-refractivity contribution < 1.29 is 21.9 Å². The fourth-order valence-electron chi connectivity index (χ4n) is 2.50. The van der Waals surface area contributed by atoms with Gasteiger partial charge in [-0.15, -0.1) is 0 Å². The van der Waals surface area contributed by atoms with Crippen molar-refractivity contribution in [3.8, 4) is 0 Å². The molecule has 0 radical (unpaired) electrons. The van der Waals surface area contributed by atoms with E-state index < -0.39 is 16.4 Å². The van der Waals surface area contributed by atoms with Crippen molar-refractivity contribution in [2.24, 2.45) is 0 Å². The van der Waals surface area contributed by atoms with Crippen LogP contribution in [0.1, 0.15) is 96.8 Å². The van der Waals surface area contributed by atoms with Gasteiger partial charge in [-0.05, 0) is 32.1 Å². The second kappa shape index (κ2) is 15.6. The van der Waals surface area contributed by atoms with Crippen LogP contribution in [0, 0.1) is 0 Å². The molecule has 5 nitrogen and oxygen atoms in total. The fraction of sp³-hybridized carbons (Fsp3) is 0.833. The summed E-state index contributed by atoms with van der Waals surface area (Å²) in [5.41, 5.74) is 0. The summed E-state index contributed by atoms with van der Waals surface area (Å²) in [7, 11) is -4.65. The van der Waals surface area contributed by atoms with Gasteiger partial charge in [-0.3, -0.25) is 9.35 Å². The summed E-state index contributed by atoms with van der Waals surface area (Å²) in [5.74, 6) is -0.893. The highest BCUT2D eigenvalue weighted by Gasteiger charge is 2.12. The lowest BCUT2D eigenvalue weighted by molar-refractivity contribution is -0.134. The molecule has 142 valence electrons. The third kappa shape index (κ3) is 19.2. The van der Waals surface area contributed by atoms with Crippen LogP contribution in [-0.4, -0.2) is 18.9 Å². The normalized spacial score (nSPS) is 11.9. The molecule has 0 saturated carbocycles. The summed E-state index contributed by atoms with van der Waals surface area (Å²) in [6.07, 6.45) is 19.6. The van der Waals surface area contributed by atoms with E-state index in [0.29, 0.717) is 6.42 Å². The molecule has 0 fully saturated rings. The molecule has 0 aliphatic rings. The maximum absolute atomic E-state index is 11.0. The van der Waals surface area contributed by atoms with E-state index in [1.165, 1.54) is 44.9 Å². The molecule has 0 aromatic carbocycles. The minimum atomic E-state index is -4.65. The van der Waals surface area contributed by atoms with Crippen LogP contribution >= 0.6 is 0 Å². The van der Waals surface area contributed by atoms with E-state index in [-0.39, 0.29) is 6.42 Å². The monoisotopic (exact) mass is 362 g/mol. The summed E-state index contributed by atoms with van der Waals surface area (Å²) in [6.45, 7) is 2.24. The maximum Gasteiger partial charge on any atom is 0.448 e. The third-order valence-electron chi connectivity index (χ3n) is 3.84. The number of hydrogen-bond acceptors (Lipinski definition) is 4.